The molecule has 5 rings (SSSR count). The average molecular weight is 539 g/mol. The van der Waals surface area contributed by atoms with Crippen molar-refractivity contribution in [3.63, 3.8) is 0 Å². The van der Waals surface area contributed by atoms with E-state index in [2.05, 4.69) is 25.0 Å². The molecule has 0 spiro atoms. The van der Waals surface area contributed by atoms with Gasteiger partial charge in [-0.15, -0.1) is 15.3 Å². The quantitative estimate of drug-likeness (QED) is 0.369. The Kier molecular flexibility index (Phi) is 6.34. The van der Waals surface area contributed by atoms with E-state index in [4.69, 9.17) is 4.74 Å². The minimum Gasteiger partial charge on any atom is -0.493 e. The zero-order valence-electron chi connectivity index (χ0n) is 19.4. The number of aromatic amines is 1. The van der Waals surface area contributed by atoms with Crippen molar-refractivity contribution in [1.29, 1.82) is 0 Å². The molecule has 1 aliphatic heterocycles. The molecule has 194 valence electrons. The second-order valence-corrected chi connectivity index (χ2v) is 12.9. The average Bonchev–Trinajstić information content (AvgIpc) is 3.53. The summed E-state index contributed by atoms with van der Waals surface area (Å²) in [7, 11) is -7.79. The minimum atomic E-state index is -4.23. The van der Waals surface area contributed by atoms with Gasteiger partial charge in [0.2, 0.25) is 15.7 Å². The van der Waals surface area contributed by atoms with E-state index >= 15 is 0 Å². The van der Waals surface area contributed by atoms with Crippen LogP contribution in [0.2, 0.25) is 0 Å². The van der Waals surface area contributed by atoms with Gasteiger partial charge in [-0.2, -0.15) is 4.52 Å². The van der Waals surface area contributed by atoms with Gasteiger partial charge in [-0.05, 0) is 38.0 Å². The van der Waals surface area contributed by atoms with E-state index in [-0.39, 0.29) is 40.2 Å². The molecule has 0 amide bonds. The number of nitrogens with one attached hydrogen (secondary N) is 2. The summed E-state index contributed by atoms with van der Waals surface area (Å²) in [5, 5.41) is 22.7. The molecule has 36 heavy (non-hydrogen) atoms. The smallest absolute Gasteiger partial charge is 0.296 e. The molecule has 3 aromatic rings. The van der Waals surface area contributed by atoms with Gasteiger partial charge >= 0.3 is 0 Å². The van der Waals surface area contributed by atoms with Crippen LogP contribution in [-0.4, -0.2) is 77.0 Å². The van der Waals surface area contributed by atoms with Gasteiger partial charge in [-0.25, -0.2) is 21.6 Å². The first kappa shape index (κ1) is 24.8. The van der Waals surface area contributed by atoms with Gasteiger partial charge in [0, 0.05) is 5.92 Å². The summed E-state index contributed by atoms with van der Waals surface area (Å²) in [6, 6.07) is 2.85. The molecule has 3 N–H and O–H groups in total. The molecule has 2 aromatic heterocycles. The number of sulfonamides is 1. The van der Waals surface area contributed by atoms with Crippen LogP contribution in [0.3, 0.4) is 0 Å². The molecule has 0 radical (unpaired) electrons. The maximum atomic E-state index is 13.1. The molecule has 1 saturated heterocycles. The standard InChI is InChI=1S/C21H26N6O7S2/c1-2-34-17-8-7-13(36(32,33)26-15-10-35(30,31)11-16(15)28)9-14(17)18-22-21(29)20-24-23-19(27(20)25-18)12-5-3-4-6-12/h7-9,12,15-16,26,28H,2-6,10-11H2,1H3,(H,22,25,29). The largest absolute Gasteiger partial charge is 0.493 e. The van der Waals surface area contributed by atoms with Gasteiger partial charge in [-0.3, -0.25) is 4.79 Å². The number of aromatic nitrogens is 5. The molecule has 2 fully saturated rings. The lowest BCUT2D eigenvalue weighted by Gasteiger charge is -2.17. The van der Waals surface area contributed by atoms with E-state index < -0.39 is 49.1 Å². The summed E-state index contributed by atoms with van der Waals surface area (Å²) in [5.41, 5.74) is -0.283. The topological polar surface area (TPSA) is 186 Å². The van der Waals surface area contributed by atoms with Crippen LogP contribution in [0.15, 0.2) is 27.9 Å². The first-order valence-electron chi connectivity index (χ1n) is 11.6. The maximum Gasteiger partial charge on any atom is 0.296 e. The molecule has 2 unspecified atom stereocenters. The maximum absolute atomic E-state index is 13.1. The normalized spacial score (nSPS) is 22.4. The van der Waals surface area contributed by atoms with E-state index in [1.807, 2.05) is 0 Å². The Morgan fingerprint density at radius 3 is 2.64 bits per heavy atom. The van der Waals surface area contributed by atoms with E-state index in [1.165, 1.54) is 22.7 Å². The summed E-state index contributed by atoms with van der Waals surface area (Å²) in [4.78, 5) is 15.2. The molecule has 3 heterocycles. The van der Waals surface area contributed by atoms with Crippen LogP contribution >= 0.6 is 0 Å². The van der Waals surface area contributed by atoms with Gasteiger partial charge in [0.1, 0.15) is 5.75 Å². The van der Waals surface area contributed by atoms with E-state index in [0.717, 1.165) is 25.7 Å². The Hall–Kier alpha value is -2.88. The highest BCUT2D eigenvalue weighted by Gasteiger charge is 2.39. The van der Waals surface area contributed by atoms with E-state index in [9.17, 15) is 26.7 Å². The SMILES string of the molecule is CCOc1ccc(S(=O)(=O)NC2CS(=O)(=O)CC2O)cc1-c1nn2c(C3CCCC3)nnc2c(=O)[nH]1. The Balaban J connectivity index is 1.58. The predicted octanol–water partition coefficient (Wildman–Crippen LogP) is -0.0279. The number of hydrogen-bond donors (Lipinski definition) is 3. The third-order valence-electron chi connectivity index (χ3n) is 6.47. The van der Waals surface area contributed by atoms with Gasteiger partial charge in [0.15, 0.2) is 21.5 Å². The van der Waals surface area contributed by atoms with Crippen LogP contribution in [-0.2, 0) is 19.9 Å². The first-order chi connectivity index (χ1) is 17.1. The van der Waals surface area contributed by atoms with Gasteiger partial charge < -0.3 is 14.8 Å². The van der Waals surface area contributed by atoms with Crippen LogP contribution in [0, 0.1) is 0 Å². The van der Waals surface area contributed by atoms with Crippen molar-refractivity contribution in [2.45, 2.75) is 55.6 Å². The fourth-order valence-corrected chi connectivity index (χ4v) is 7.87. The highest BCUT2D eigenvalue weighted by atomic mass is 32.2. The number of fused-ring (bicyclic) bond motifs is 1. The Morgan fingerprint density at radius 1 is 1.22 bits per heavy atom. The highest BCUT2D eigenvalue weighted by molar-refractivity contribution is 7.92. The lowest BCUT2D eigenvalue weighted by atomic mass is 10.1. The number of sulfone groups is 1. The molecular formula is C21H26N6O7S2. The molecule has 2 atom stereocenters. The number of rotatable bonds is 7. The second kappa shape index (κ2) is 9.21. The lowest BCUT2D eigenvalue weighted by molar-refractivity contribution is 0.176. The lowest BCUT2D eigenvalue weighted by Crippen LogP contribution is -2.42. The van der Waals surface area contributed by atoms with Crippen LogP contribution < -0.4 is 15.0 Å². The predicted molar refractivity (Wildman–Crippen MR) is 128 cm³/mol. The molecule has 13 nitrogen and oxygen atoms in total. The molecular weight excluding hydrogens is 512 g/mol. The summed E-state index contributed by atoms with van der Waals surface area (Å²) >= 11 is 0. The monoisotopic (exact) mass is 538 g/mol. The van der Waals surface area contributed by atoms with Gasteiger partial charge in [0.25, 0.3) is 5.56 Å². The number of aliphatic hydroxyl groups is 1. The van der Waals surface area contributed by atoms with E-state index in [0.29, 0.717) is 5.82 Å². The molecule has 1 aliphatic carbocycles. The Bertz CT molecular complexity index is 1580. The van der Waals surface area contributed by atoms with Crippen LogP contribution in [0.4, 0.5) is 0 Å². The van der Waals surface area contributed by atoms with Crippen LogP contribution in [0.25, 0.3) is 17.0 Å². The number of ether oxygens (including phenoxy) is 1. The van der Waals surface area contributed by atoms with Crippen LogP contribution in [0.5, 0.6) is 5.75 Å². The van der Waals surface area contributed by atoms with E-state index in [1.54, 1.807) is 6.92 Å². The van der Waals surface area contributed by atoms with Crippen molar-refractivity contribution in [2.24, 2.45) is 0 Å². The van der Waals surface area contributed by atoms with Crippen molar-refractivity contribution in [3.05, 3.63) is 34.4 Å². The summed E-state index contributed by atoms with van der Waals surface area (Å²) in [6.07, 6.45) is 2.57. The minimum absolute atomic E-state index is 0.0421. The summed E-state index contributed by atoms with van der Waals surface area (Å²) in [6.45, 7) is 2.03. The van der Waals surface area contributed by atoms with Crippen molar-refractivity contribution < 1.29 is 26.7 Å². The summed E-state index contributed by atoms with van der Waals surface area (Å²) < 4.78 is 59.1. The molecule has 2 aliphatic rings. The molecule has 0 bridgehead atoms. The first-order valence-corrected chi connectivity index (χ1v) is 14.9. The van der Waals surface area contributed by atoms with Crippen molar-refractivity contribution in [2.75, 3.05) is 18.1 Å². The van der Waals surface area contributed by atoms with Crippen LogP contribution in [0.1, 0.15) is 44.3 Å². The van der Waals surface area contributed by atoms with Gasteiger partial charge in [0.05, 0.1) is 40.7 Å². The van der Waals surface area contributed by atoms with Crippen molar-refractivity contribution >= 4 is 25.5 Å². The third kappa shape index (κ3) is 4.63. The number of H-pyrrole nitrogens is 1. The Morgan fingerprint density at radius 2 is 1.97 bits per heavy atom. The number of nitrogens with zero attached hydrogens (tertiary/aromatic N) is 4. The molecule has 15 heteroatoms. The molecule has 1 saturated carbocycles. The fourth-order valence-electron chi connectivity index (χ4n) is 4.73. The second-order valence-electron chi connectivity index (χ2n) is 9.04. The number of benzene rings is 1. The zero-order chi connectivity index (χ0) is 25.7. The number of aliphatic hydroxyl groups excluding tert-OH is 1. The summed E-state index contributed by atoms with van der Waals surface area (Å²) in [5.74, 6) is 0.0457. The molecule has 1 aromatic carbocycles. The Labute approximate surface area is 206 Å². The third-order valence-corrected chi connectivity index (χ3v) is 9.67. The fraction of sp³-hybridized carbons (Fsp3) is 0.524. The van der Waals surface area contributed by atoms with Crippen molar-refractivity contribution in [3.8, 4) is 17.1 Å². The number of hydrogen-bond acceptors (Lipinski definition) is 10. The van der Waals surface area contributed by atoms with Gasteiger partial charge in [-0.1, -0.05) is 12.8 Å². The highest BCUT2D eigenvalue weighted by Crippen LogP contribution is 2.34. The van der Waals surface area contributed by atoms with Crippen molar-refractivity contribution in [1.82, 2.24) is 29.5 Å². The zero-order valence-corrected chi connectivity index (χ0v) is 21.0.